The van der Waals surface area contributed by atoms with Crippen molar-refractivity contribution in [2.75, 3.05) is 6.54 Å². The van der Waals surface area contributed by atoms with E-state index in [0.717, 1.165) is 0 Å². The molecule has 20 heavy (non-hydrogen) atoms. The van der Waals surface area contributed by atoms with Gasteiger partial charge in [-0.1, -0.05) is 18.2 Å². The van der Waals surface area contributed by atoms with Crippen LogP contribution in [0.25, 0.3) is 0 Å². The Morgan fingerprint density at radius 3 is 2.45 bits per heavy atom. The second-order valence-electron chi connectivity index (χ2n) is 4.31. The molecule has 0 aliphatic carbocycles. The maximum atomic E-state index is 12.2. The average Bonchev–Trinajstić information content (AvgIpc) is 2.33. The maximum absolute atomic E-state index is 12.2. The summed E-state index contributed by atoms with van der Waals surface area (Å²) in [6.45, 7) is -1.11. The van der Waals surface area contributed by atoms with Gasteiger partial charge in [-0.2, -0.15) is 22.0 Å². The number of alkyl halides is 5. The SMILES string of the molecule is CC(NCCCC(F)(F)F)c1ccccc1OC(F)F. The van der Waals surface area contributed by atoms with E-state index in [2.05, 4.69) is 10.1 Å². The Hall–Kier alpha value is -1.37. The first kappa shape index (κ1) is 16.7. The van der Waals surface area contributed by atoms with E-state index in [4.69, 9.17) is 0 Å². The average molecular weight is 297 g/mol. The zero-order chi connectivity index (χ0) is 15.2. The molecule has 0 aromatic heterocycles. The van der Waals surface area contributed by atoms with Gasteiger partial charge < -0.3 is 10.1 Å². The van der Waals surface area contributed by atoms with Crippen LogP contribution in [0.4, 0.5) is 22.0 Å². The molecule has 0 fully saturated rings. The molecule has 1 atom stereocenters. The number of para-hydroxylation sites is 1. The van der Waals surface area contributed by atoms with Gasteiger partial charge in [-0.05, 0) is 26.0 Å². The first-order valence-electron chi connectivity index (χ1n) is 6.13. The number of hydrogen-bond donors (Lipinski definition) is 1. The summed E-state index contributed by atoms with van der Waals surface area (Å²) >= 11 is 0. The van der Waals surface area contributed by atoms with Gasteiger partial charge in [-0.3, -0.25) is 0 Å². The fourth-order valence-corrected chi connectivity index (χ4v) is 1.76. The third-order valence-electron chi connectivity index (χ3n) is 2.69. The van der Waals surface area contributed by atoms with E-state index in [1.165, 1.54) is 6.07 Å². The molecule has 1 aromatic carbocycles. The molecule has 114 valence electrons. The second-order valence-corrected chi connectivity index (χ2v) is 4.31. The molecule has 1 rings (SSSR count). The summed E-state index contributed by atoms with van der Waals surface area (Å²) in [5.74, 6) is 0.0262. The lowest BCUT2D eigenvalue weighted by Crippen LogP contribution is -2.22. The lowest BCUT2D eigenvalue weighted by Gasteiger charge is -2.18. The van der Waals surface area contributed by atoms with Gasteiger partial charge in [0.2, 0.25) is 0 Å². The summed E-state index contributed by atoms with van der Waals surface area (Å²) in [6.07, 6.45) is -5.12. The van der Waals surface area contributed by atoms with E-state index in [0.29, 0.717) is 5.56 Å². The Labute approximate surface area is 113 Å². The van der Waals surface area contributed by atoms with Crippen LogP contribution in [-0.4, -0.2) is 19.3 Å². The van der Waals surface area contributed by atoms with Crippen molar-refractivity contribution in [3.63, 3.8) is 0 Å². The predicted molar refractivity (Wildman–Crippen MR) is 64.8 cm³/mol. The van der Waals surface area contributed by atoms with Crippen LogP contribution in [0, 0.1) is 0 Å². The van der Waals surface area contributed by atoms with Gasteiger partial charge in [0.05, 0.1) is 0 Å². The Bertz CT molecular complexity index is 408. The van der Waals surface area contributed by atoms with Crippen molar-refractivity contribution >= 4 is 0 Å². The standard InChI is InChI=1S/C13H16F5NO/c1-9(19-8-4-7-13(16,17)18)10-5-2-3-6-11(10)20-12(14)15/h2-3,5-6,9,12,19H,4,7-8H2,1H3. The Morgan fingerprint density at radius 1 is 1.20 bits per heavy atom. The molecule has 2 nitrogen and oxygen atoms in total. The zero-order valence-corrected chi connectivity index (χ0v) is 10.9. The molecule has 0 saturated carbocycles. The monoisotopic (exact) mass is 297 g/mol. The molecule has 0 saturated heterocycles. The van der Waals surface area contributed by atoms with Gasteiger partial charge in [0.1, 0.15) is 5.75 Å². The highest BCUT2D eigenvalue weighted by Crippen LogP contribution is 2.26. The summed E-state index contributed by atoms with van der Waals surface area (Å²) in [7, 11) is 0. The van der Waals surface area contributed by atoms with Gasteiger partial charge >= 0.3 is 12.8 Å². The second kappa shape index (κ2) is 7.42. The third-order valence-corrected chi connectivity index (χ3v) is 2.69. The normalized spacial score (nSPS) is 13.6. The lowest BCUT2D eigenvalue weighted by molar-refractivity contribution is -0.135. The number of ether oxygens (including phenoxy) is 1. The predicted octanol–water partition coefficient (Wildman–Crippen LogP) is 4.28. The minimum atomic E-state index is -4.18. The van der Waals surface area contributed by atoms with E-state index in [9.17, 15) is 22.0 Å². The molecular formula is C13H16F5NO. The lowest BCUT2D eigenvalue weighted by atomic mass is 10.1. The van der Waals surface area contributed by atoms with Crippen molar-refractivity contribution in [1.82, 2.24) is 5.32 Å². The third kappa shape index (κ3) is 6.18. The van der Waals surface area contributed by atoms with E-state index in [1.807, 2.05) is 0 Å². The maximum Gasteiger partial charge on any atom is 0.389 e. The topological polar surface area (TPSA) is 21.3 Å². The van der Waals surface area contributed by atoms with Crippen LogP contribution in [0.5, 0.6) is 5.75 Å². The highest BCUT2D eigenvalue weighted by molar-refractivity contribution is 5.35. The number of hydrogen-bond acceptors (Lipinski definition) is 2. The molecule has 1 aromatic rings. The molecule has 1 unspecified atom stereocenters. The summed E-state index contributed by atoms with van der Waals surface area (Å²) in [6, 6.07) is 5.83. The number of rotatable bonds is 7. The van der Waals surface area contributed by atoms with Crippen molar-refractivity contribution in [2.24, 2.45) is 0 Å². The number of halogens is 5. The van der Waals surface area contributed by atoms with Crippen LogP contribution in [0.1, 0.15) is 31.4 Å². The molecular weight excluding hydrogens is 281 g/mol. The van der Waals surface area contributed by atoms with Gasteiger partial charge in [0, 0.05) is 18.0 Å². The Kier molecular flexibility index (Phi) is 6.19. The molecule has 1 N–H and O–H groups in total. The molecule has 7 heteroatoms. The summed E-state index contributed by atoms with van der Waals surface area (Å²) in [5, 5.41) is 2.86. The van der Waals surface area contributed by atoms with Crippen LogP contribution in [-0.2, 0) is 0 Å². The summed E-state index contributed by atoms with van der Waals surface area (Å²) in [4.78, 5) is 0. The molecule has 0 bridgehead atoms. The Morgan fingerprint density at radius 2 is 1.85 bits per heavy atom. The van der Waals surface area contributed by atoms with Gasteiger partial charge in [0.15, 0.2) is 0 Å². The fraction of sp³-hybridized carbons (Fsp3) is 0.538. The van der Waals surface area contributed by atoms with E-state index in [1.54, 1.807) is 25.1 Å². The van der Waals surface area contributed by atoms with Crippen molar-refractivity contribution in [3.8, 4) is 5.75 Å². The van der Waals surface area contributed by atoms with Crippen LogP contribution < -0.4 is 10.1 Å². The van der Waals surface area contributed by atoms with Gasteiger partial charge in [-0.15, -0.1) is 0 Å². The van der Waals surface area contributed by atoms with Crippen molar-refractivity contribution in [1.29, 1.82) is 0 Å². The van der Waals surface area contributed by atoms with Crippen molar-refractivity contribution in [2.45, 2.75) is 38.6 Å². The largest absolute Gasteiger partial charge is 0.434 e. The molecule has 0 amide bonds. The van der Waals surface area contributed by atoms with Crippen LogP contribution in [0.3, 0.4) is 0 Å². The zero-order valence-electron chi connectivity index (χ0n) is 10.9. The summed E-state index contributed by atoms with van der Waals surface area (Å²) in [5.41, 5.74) is 0.486. The van der Waals surface area contributed by atoms with E-state index < -0.39 is 19.2 Å². The molecule has 0 spiro atoms. The van der Waals surface area contributed by atoms with Crippen LogP contribution in [0.2, 0.25) is 0 Å². The number of nitrogens with one attached hydrogen (secondary N) is 1. The smallest absolute Gasteiger partial charge is 0.389 e. The van der Waals surface area contributed by atoms with E-state index in [-0.39, 0.29) is 24.8 Å². The van der Waals surface area contributed by atoms with Crippen molar-refractivity contribution in [3.05, 3.63) is 29.8 Å². The summed E-state index contributed by atoms with van der Waals surface area (Å²) < 4.78 is 64.8. The highest BCUT2D eigenvalue weighted by atomic mass is 19.4. The molecule has 0 aliphatic rings. The van der Waals surface area contributed by atoms with Crippen LogP contribution in [0.15, 0.2) is 24.3 Å². The minimum absolute atomic E-state index is 0.0262. The Balaban J connectivity index is 2.52. The van der Waals surface area contributed by atoms with Gasteiger partial charge in [-0.25, -0.2) is 0 Å². The quantitative estimate of drug-likeness (QED) is 0.599. The van der Waals surface area contributed by atoms with E-state index >= 15 is 0 Å². The minimum Gasteiger partial charge on any atom is -0.434 e. The van der Waals surface area contributed by atoms with Gasteiger partial charge in [0.25, 0.3) is 0 Å². The molecule has 0 aliphatic heterocycles. The van der Waals surface area contributed by atoms with Crippen LogP contribution >= 0.6 is 0 Å². The van der Waals surface area contributed by atoms with Crippen molar-refractivity contribution < 1.29 is 26.7 Å². The fourth-order valence-electron chi connectivity index (χ4n) is 1.76. The highest BCUT2D eigenvalue weighted by Gasteiger charge is 2.26. The first-order valence-corrected chi connectivity index (χ1v) is 6.13. The first-order chi connectivity index (χ1) is 9.29. The molecule has 0 heterocycles. The molecule has 0 radical (unpaired) electrons. The number of benzene rings is 1.